The number of aryl methyl sites for hydroxylation is 1. The predicted octanol–water partition coefficient (Wildman–Crippen LogP) is 1.34. The Kier molecular flexibility index (Phi) is 6.08. The molecule has 86 valence electrons. The van der Waals surface area contributed by atoms with Crippen molar-refractivity contribution in [2.24, 2.45) is 0 Å². The summed E-state index contributed by atoms with van der Waals surface area (Å²) in [6, 6.07) is 3.94. The quantitative estimate of drug-likeness (QED) is 0.662. The average Bonchev–Trinajstić information content (AvgIpc) is 2.63. The maximum atomic E-state index is 5.41. The molecule has 1 aromatic heterocycles. The number of ether oxygens (including phenoxy) is 2. The lowest BCUT2D eigenvalue weighted by atomic mass is 10.4. The van der Waals surface area contributed by atoms with Gasteiger partial charge in [-0.25, -0.2) is 0 Å². The van der Waals surface area contributed by atoms with Crippen LogP contribution in [0.1, 0.15) is 11.5 Å². The van der Waals surface area contributed by atoms with Crippen molar-refractivity contribution < 1.29 is 13.9 Å². The van der Waals surface area contributed by atoms with E-state index < -0.39 is 0 Å². The lowest BCUT2D eigenvalue weighted by molar-refractivity contribution is 0.0717. The molecule has 0 radical (unpaired) electrons. The molecule has 0 bridgehead atoms. The average molecular weight is 213 g/mol. The van der Waals surface area contributed by atoms with Crippen LogP contribution < -0.4 is 5.32 Å². The highest BCUT2D eigenvalue weighted by atomic mass is 16.5. The number of methoxy groups -OCH3 is 1. The first-order valence-corrected chi connectivity index (χ1v) is 5.15. The molecule has 0 unspecified atom stereocenters. The number of hydrogen-bond donors (Lipinski definition) is 1. The van der Waals surface area contributed by atoms with Gasteiger partial charge in [-0.2, -0.15) is 0 Å². The van der Waals surface area contributed by atoms with Gasteiger partial charge < -0.3 is 19.2 Å². The first-order valence-electron chi connectivity index (χ1n) is 5.15. The van der Waals surface area contributed by atoms with E-state index in [1.54, 1.807) is 7.11 Å². The second kappa shape index (κ2) is 7.45. The normalized spacial score (nSPS) is 10.8. The molecule has 0 atom stereocenters. The van der Waals surface area contributed by atoms with Crippen molar-refractivity contribution in [1.29, 1.82) is 0 Å². The minimum atomic E-state index is 0.650. The Bertz CT molecular complexity index is 260. The van der Waals surface area contributed by atoms with Crippen LogP contribution in [0.2, 0.25) is 0 Å². The molecule has 1 aromatic rings. The second-order valence-electron chi connectivity index (χ2n) is 3.29. The van der Waals surface area contributed by atoms with Gasteiger partial charge in [-0.15, -0.1) is 0 Å². The highest BCUT2D eigenvalue weighted by Gasteiger charge is 1.96. The van der Waals surface area contributed by atoms with Gasteiger partial charge in [0.25, 0.3) is 0 Å². The summed E-state index contributed by atoms with van der Waals surface area (Å²) < 4.78 is 15.6. The highest BCUT2D eigenvalue weighted by molar-refractivity contribution is 5.04. The minimum absolute atomic E-state index is 0.650. The molecule has 0 saturated heterocycles. The van der Waals surface area contributed by atoms with E-state index in [0.29, 0.717) is 19.8 Å². The molecule has 0 saturated carbocycles. The van der Waals surface area contributed by atoms with E-state index in [2.05, 4.69) is 5.32 Å². The summed E-state index contributed by atoms with van der Waals surface area (Å²) in [6.45, 7) is 5.51. The molecular formula is C11H19NO3. The predicted molar refractivity (Wildman–Crippen MR) is 57.8 cm³/mol. The summed E-state index contributed by atoms with van der Waals surface area (Å²) in [4.78, 5) is 0. The molecule has 4 heteroatoms. The van der Waals surface area contributed by atoms with Crippen molar-refractivity contribution in [3.63, 3.8) is 0 Å². The molecule has 0 spiro atoms. The van der Waals surface area contributed by atoms with Crippen LogP contribution in [0.4, 0.5) is 0 Å². The number of furan rings is 1. The molecule has 0 amide bonds. The smallest absolute Gasteiger partial charge is 0.117 e. The summed E-state index contributed by atoms with van der Waals surface area (Å²) >= 11 is 0. The fraction of sp³-hybridized carbons (Fsp3) is 0.636. The number of rotatable bonds is 8. The zero-order valence-corrected chi connectivity index (χ0v) is 9.41. The van der Waals surface area contributed by atoms with Crippen LogP contribution in [0.25, 0.3) is 0 Å². The summed E-state index contributed by atoms with van der Waals surface area (Å²) in [6.07, 6.45) is 0. The Morgan fingerprint density at radius 2 is 2.13 bits per heavy atom. The molecule has 0 aromatic carbocycles. The van der Waals surface area contributed by atoms with E-state index in [0.717, 1.165) is 24.6 Å². The van der Waals surface area contributed by atoms with E-state index >= 15 is 0 Å². The lowest BCUT2D eigenvalue weighted by Gasteiger charge is -2.04. The molecule has 15 heavy (non-hydrogen) atoms. The van der Waals surface area contributed by atoms with Gasteiger partial charge in [-0.1, -0.05) is 0 Å². The third-order valence-corrected chi connectivity index (χ3v) is 1.95. The van der Waals surface area contributed by atoms with Crippen molar-refractivity contribution in [2.45, 2.75) is 13.5 Å². The van der Waals surface area contributed by atoms with Crippen molar-refractivity contribution in [3.05, 3.63) is 23.7 Å². The summed E-state index contributed by atoms with van der Waals surface area (Å²) in [7, 11) is 1.67. The third kappa shape index (κ3) is 5.57. The van der Waals surface area contributed by atoms with Crippen molar-refractivity contribution >= 4 is 0 Å². The van der Waals surface area contributed by atoms with Crippen LogP contribution in [0, 0.1) is 6.92 Å². The van der Waals surface area contributed by atoms with Crippen molar-refractivity contribution in [3.8, 4) is 0 Å². The Balaban J connectivity index is 1.93. The van der Waals surface area contributed by atoms with E-state index in [-0.39, 0.29) is 0 Å². The monoisotopic (exact) mass is 213 g/mol. The Labute approximate surface area is 90.6 Å². The SMILES string of the molecule is COCCOCCNCc1ccc(C)o1. The molecule has 1 heterocycles. The van der Waals surface area contributed by atoms with E-state index in [1.807, 2.05) is 19.1 Å². The van der Waals surface area contributed by atoms with Crippen LogP contribution in [-0.2, 0) is 16.0 Å². The molecule has 1 N–H and O–H groups in total. The molecule has 0 aliphatic carbocycles. The maximum absolute atomic E-state index is 5.41. The fourth-order valence-corrected chi connectivity index (χ4v) is 1.18. The first-order chi connectivity index (χ1) is 7.33. The lowest BCUT2D eigenvalue weighted by Crippen LogP contribution is -2.19. The molecular weight excluding hydrogens is 194 g/mol. The standard InChI is InChI=1S/C11H19NO3/c1-10-3-4-11(15-10)9-12-5-6-14-8-7-13-2/h3-4,12H,5-9H2,1-2H3. The Hall–Kier alpha value is -0.840. The first kappa shape index (κ1) is 12.2. The summed E-state index contributed by atoms with van der Waals surface area (Å²) in [5.41, 5.74) is 0. The molecule has 0 fully saturated rings. The molecule has 0 aliphatic heterocycles. The second-order valence-corrected chi connectivity index (χ2v) is 3.29. The van der Waals surface area contributed by atoms with Crippen LogP contribution >= 0.6 is 0 Å². The Morgan fingerprint density at radius 3 is 2.80 bits per heavy atom. The van der Waals surface area contributed by atoms with Gasteiger partial charge in [0.2, 0.25) is 0 Å². The van der Waals surface area contributed by atoms with E-state index in [4.69, 9.17) is 13.9 Å². The topological polar surface area (TPSA) is 43.6 Å². The largest absolute Gasteiger partial charge is 0.465 e. The molecule has 4 nitrogen and oxygen atoms in total. The van der Waals surface area contributed by atoms with Gasteiger partial charge in [0.15, 0.2) is 0 Å². The van der Waals surface area contributed by atoms with Crippen LogP contribution in [0.5, 0.6) is 0 Å². The van der Waals surface area contributed by atoms with Gasteiger partial charge >= 0.3 is 0 Å². The number of nitrogens with one attached hydrogen (secondary N) is 1. The van der Waals surface area contributed by atoms with Crippen molar-refractivity contribution in [2.75, 3.05) is 33.5 Å². The van der Waals surface area contributed by atoms with Crippen LogP contribution in [-0.4, -0.2) is 33.5 Å². The molecule has 0 aliphatic rings. The number of hydrogen-bond acceptors (Lipinski definition) is 4. The zero-order valence-electron chi connectivity index (χ0n) is 9.41. The van der Waals surface area contributed by atoms with E-state index in [9.17, 15) is 0 Å². The van der Waals surface area contributed by atoms with E-state index in [1.165, 1.54) is 0 Å². The Morgan fingerprint density at radius 1 is 1.27 bits per heavy atom. The van der Waals surface area contributed by atoms with Gasteiger partial charge in [0.1, 0.15) is 11.5 Å². The van der Waals surface area contributed by atoms with Crippen LogP contribution in [0.15, 0.2) is 16.5 Å². The van der Waals surface area contributed by atoms with Gasteiger partial charge in [-0.3, -0.25) is 0 Å². The summed E-state index contributed by atoms with van der Waals surface area (Å²) in [5.74, 6) is 1.91. The minimum Gasteiger partial charge on any atom is -0.465 e. The third-order valence-electron chi connectivity index (χ3n) is 1.95. The zero-order chi connectivity index (χ0) is 10.9. The van der Waals surface area contributed by atoms with Crippen LogP contribution in [0.3, 0.4) is 0 Å². The van der Waals surface area contributed by atoms with Gasteiger partial charge in [0.05, 0.1) is 26.4 Å². The molecule has 1 rings (SSSR count). The van der Waals surface area contributed by atoms with Gasteiger partial charge in [-0.05, 0) is 19.1 Å². The summed E-state index contributed by atoms with van der Waals surface area (Å²) in [5, 5.41) is 3.23. The fourth-order valence-electron chi connectivity index (χ4n) is 1.18. The maximum Gasteiger partial charge on any atom is 0.117 e. The van der Waals surface area contributed by atoms with Gasteiger partial charge in [0, 0.05) is 13.7 Å². The highest BCUT2D eigenvalue weighted by Crippen LogP contribution is 2.04. The van der Waals surface area contributed by atoms with Crippen molar-refractivity contribution in [1.82, 2.24) is 5.32 Å².